The van der Waals surface area contributed by atoms with Crippen LogP contribution >= 0.6 is 0 Å². The normalized spacial score (nSPS) is 12.3. The molecule has 0 amide bonds. The molecular formula is C12H23NO2. The predicted octanol–water partition coefficient (Wildman–Crippen LogP) is 2.88. The van der Waals surface area contributed by atoms with Crippen molar-refractivity contribution in [1.29, 1.82) is 0 Å². The Balaban J connectivity index is 4.86. The van der Waals surface area contributed by atoms with E-state index < -0.39 is 5.97 Å². The fourth-order valence-electron chi connectivity index (χ4n) is 1.77. The van der Waals surface area contributed by atoms with Crippen LogP contribution in [0.2, 0.25) is 0 Å². The minimum atomic E-state index is -0.802. The fourth-order valence-corrected chi connectivity index (χ4v) is 1.77. The first-order valence-electron chi connectivity index (χ1n) is 5.76. The molecule has 0 saturated carbocycles. The number of carboxylic acids is 1. The lowest BCUT2D eigenvalue weighted by Gasteiger charge is -2.27. The lowest BCUT2D eigenvalue weighted by molar-refractivity contribution is -0.132. The molecule has 0 spiro atoms. The smallest absolute Gasteiger partial charge is 0.333 e. The van der Waals surface area contributed by atoms with E-state index in [1.54, 1.807) is 6.92 Å². The summed E-state index contributed by atoms with van der Waals surface area (Å²) in [5.74, 6) is -0.802. The zero-order valence-electron chi connectivity index (χ0n) is 10.3. The Kier molecular flexibility index (Phi) is 6.84. The second-order valence-corrected chi connectivity index (χ2v) is 3.72. The first kappa shape index (κ1) is 14.0. The summed E-state index contributed by atoms with van der Waals surface area (Å²) in [5, 5.41) is 8.98. The van der Waals surface area contributed by atoms with E-state index in [9.17, 15) is 4.79 Å². The summed E-state index contributed by atoms with van der Waals surface area (Å²) in [5.41, 5.74) is 1.46. The van der Waals surface area contributed by atoms with Crippen molar-refractivity contribution in [3.8, 4) is 0 Å². The van der Waals surface area contributed by atoms with Crippen molar-refractivity contribution in [2.45, 2.75) is 47.0 Å². The van der Waals surface area contributed by atoms with Crippen molar-refractivity contribution >= 4 is 5.97 Å². The number of rotatable bonds is 7. The number of allylic oxidation sites excluding steroid dienone is 1. The molecule has 0 unspecified atom stereocenters. The first-order chi connectivity index (χ1) is 7.08. The van der Waals surface area contributed by atoms with E-state index in [1.807, 2.05) is 6.92 Å². The maximum absolute atomic E-state index is 10.9. The molecule has 1 N–H and O–H groups in total. The second kappa shape index (κ2) is 7.32. The highest BCUT2D eigenvalue weighted by Gasteiger charge is 2.13. The van der Waals surface area contributed by atoms with Crippen molar-refractivity contribution in [2.75, 3.05) is 13.1 Å². The van der Waals surface area contributed by atoms with E-state index in [1.165, 1.54) is 0 Å². The monoisotopic (exact) mass is 213 g/mol. The van der Waals surface area contributed by atoms with Gasteiger partial charge in [0, 0.05) is 18.8 Å². The third kappa shape index (κ3) is 4.36. The molecular weight excluding hydrogens is 190 g/mol. The van der Waals surface area contributed by atoms with Crippen LogP contribution in [-0.2, 0) is 4.79 Å². The van der Waals surface area contributed by atoms with Crippen LogP contribution in [0, 0.1) is 0 Å². The third-order valence-electron chi connectivity index (χ3n) is 2.46. The van der Waals surface area contributed by atoms with Gasteiger partial charge in [0.2, 0.25) is 0 Å². The largest absolute Gasteiger partial charge is 0.478 e. The van der Waals surface area contributed by atoms with Crippen molar-refractivity contribution < 1.29 is 9.90 Å². The average molecular weight is 213 g/mol. The maximum Gasteiger partial charge on any atom is 0.333 e. The van der Waals surface area contributed by atoms with Crippen molar-refractivity contribution in [3.63, 3.8) is 0 Å². The van der Waals surface area contributed by atoms with Crippen LogP contribution in [0.25, 0.3) is 0 Å². The molecule has 0 radical (unpaired) electrons. The van der Waals surface area contributed by atoms with Gasteiger partial charge in [-0.2, -0.15) is 0 Å². The van der Waals surface area contributed by atoms with Crippen LogP contribution in [0.1, 0.15) is 47.0 Å². The number of carbonyl (C=O) groups is 1. The summed E-state index contributed by atoms with van der Waals surface area (Å²) < 4.78 is 0. The molecule has 3 nitrogen and oxygen atoms in total. The van der Waals surface area contributed by atoms with Gasteiger partial charge in [0.1, 0.15) is 0 Å². The maximum atomic E-state index is 10.9. The van der Waals surface area contributed by atoms with E-state index in [4.69, 9.17) is 5.11 Å². The molecule has 0 aromatic rings. The van der Waals surface area contributed by atoms with Crippen LogP contribution < -0.4 is 0 Å². The molecule has 0 bridgehead atoms. The summed E-state index contributed by atoms with van der Waals surface area (Å²) in [6.07, 6.45) is 2.89. The van der Waals surface area contributed by atoms with Gasteiger partial charge in [0.15, 0.2) is 0 Å². The summed E-state index contributed by atoms with van der Waals surface area (Å²) in [6.45, 7) is 9.83. The summed E-state index contributed by atoms with van der Waals surface area (Å²) in [7, 11) is 0. The van der Waals surface area contributed by atoms with Crippen molar-refractivity contribution in [3.05, 3.63) is 11.3 Å². The van der Waals surface area contributed by atoms with Crippen LogP contribution in [0.3, 0.4) is 0 Å². The number of carboxylic acid groups (broad SMARTS) is 1. The summed E-state index contributed by atoms with van der Waals surface area (Å²) in [6, 6.07) is 0. The Bertz CT molecular complexity index is 228. The zero-order chi connectivity index (χ0) is 11.8. The Hall–Kier alpha value is -0.990. The van der Waals surface area contributed by atoms with E-state index >= 15 is 0 Å². The third-order valence-corrected chi connectivity index (χ3v) is 2.46. The first-order valence-corrected chi connectivity index (χ1v) is 5.76. The average Bonchev–Trinajstić information content (AvgIpc) is 2.19. The quantitative estimate of drug-likeness (QED) is 0.661. The number of aliphatic carboxylic acids is 1. The van der Waals surface area contributed by atoms with Crippen LogP contribution in [0.15, 0.2) is 11.3 Å². The molecule has 0 aliphatic heterocycles. The lowest BCUT2D eigenvalue weighted by atomic mass is 10.1. The molecule has 0 atom stereocenters. The molecule has 0 aromatic heterocycles. The van der Waals surface area contributed by atoms with Crippen LogP contribution in [0.4, 0.5) is 0 Å². The standard InChI is InChI=1S/C12H23NO2/c1-5-8-13(9-6-2)11(7-3)10(4)12(14)15/h5-9H2,1-4H3,(H,14,15)/b11-10+. The summed E-state index contributed by atoms with van der Waals surface area (Å²) >= 11 is 0. The van der Waals surface area contributed by atoms with E-state index in [0.29, 0.717) is 5.57 Å². The molecule has 0 heterocycles. The molecule has 0 aliphatic carbocycles. The SMILES string of the molecule is CCCN(CCC)/C(CC)=C(\C)C(=O)O. The predicted molar refractivity (Wildman–Crippen MR) is 62.8 cm³/mol. The fraction of sp³-hybridized carbons (Fsp3) is 0.750. The molecule has 0 saturated heterocycles. The molecule has 0 aliphatic rings. The Morgan fingerprint density at radius 1 is 1.13 bits per heavy atom. The lowest BCUT2D eigenvalue weighted by Crippen LogP contribution is -2.26. The molecule has 0 fully saturated rings. The minimum Gasteiger partial charge on any atom is -0.478 e. The Morgan fingerprint density at radius 3 is 1.87 bits per heavy atom. The van der Waals surface area contributed by atoms with E-state index in [-0.39, 0.29) is 0 Å². The molecule has 3 heteroatoms. The van der Waals surface area contributed by atoms with E-state index in [0.717, 1.165) is 38.0 Å². The highest BCUT2D eigenvalue weighted by molar-refractivity contribution is 5.86. The number of hydrogen-bond donors (Lipinski definition) is 1. The van der Waals surface area contributed by atoms with Gasteiger partial charge >= 0.3 is 5.97 Å². The van der Waals surface area contributed by atoms with Gasteiger partial charge in [-0.25, -0.2) is 4.79 Å². The summed E-state index contributed by atoms with van der Waals surface area (Å²) in [4.78, 5) is 13.1. The second-order valence-electron chi connectivity index (χ2n) is 3.72. The Morgan fingerprint density at radius 2 is 1.60 bits per heavy atom. The van der Waals surface area contributed by atoms with Gasteiger partial charge in [0.05, 0.1) is 5.57 Å². The zero-order valence-corrected chi connectivity index (χ0v) is 10.3. The highest BCUT2D eigenvalue weighted by atomic mass is 16.4. The van der Waals surface area contributed by atoms with Gasteiger partial charge in [-0.1, -0.05) is 20.8 Å². The van der Waals surface area contributed by atoms with Gasteiger partial charge < -0.3 is 10.0 Å². The number of hydrogen-bond acceptors (Lipinski definition) is 2. The van der Waals surface area contributed by atoms with Gasteiger partial charge in [-0.3, -0.25) is 0 Å². The minimum absolute atomic E-state index is 0.486. The molecule has 15 heavy (non-hydrogen) atoms. The van der Waals surface area contributed by atoms with Crippen LogP contribution in [0.5, 0.6) is 0 Å². The Labute approximate surface area is 92.8 Å². The molecule has 88 valence electrons. The molecule has 0 aromatic carbocycles. The van der Waals surface area contributed by atoms with Gasteiger partial charge in [-0.15, -0.1) is 0 Å². The van der Waals surface area contributed by atoms with Gasteiger partial charge in [-0.05, 0) is 26.2 Å². The topological polar surface area (TPSA) is 40.5 Å². The highest BCUT2D eigenvalue weighted by Crippen LogP contribution is 2.15. The number of nitrogens with zero attached hydrogens (tertiary/aromatic N) is 1. The van der Waals surface area contributed by atoms with Gasteiger partial charge in [0.25, 0.3) is 0 Å². The van der Waals surface area contributed by atoms with Crippen molar-refractivity contribution in [2.24, 2.45) is 0 Å². The van der Waals surface area contributed by atoms with Crippen LogP contribution in [-0.4, -0.2) is 29.1 Å². The van der Waals surface area contributed by atoms with E-state index in [2.05, 4.69) is 18.7 Å². The van der Waals surface area contributed by atoms with Crippen molar-refractivity contribution in [1.82, 2.24) is 4.90 Å². The molecule has 0 rings (SSSR count).